The Morgan fingerprint density at radius 1 is 1.00 bits per heavy atom. The van der Waals surface area contributed by atoms with Gasteiger partial charge in [-0.2, -0.15) is 4.37 Å². The van der Waals surface area contributed by atoms with Crippen LogP contribution in [0.15, 0.2) is 48.5 Å². The Balaban J connectivity index is 1.63. The summed E-state index contributed by atoms with van der Waals surface area (Å²) in [6, 6.07) is 14.8. The van der Waals surface area contributed by atoms with Crippen LogP contribution in [0.3, 0.4) is 0 Å². The van der Waals surface area contributed by atoms with Gasteiger partial charge in [-0.15, -0.1) is 0 Å². The molecule has 3 rings (SSSR count). The molecule has 1 heterocycles. The average Bonchev–Trinajstić information content (AvgIpc) is 3.17. The summed E-state index contributed by atoms with van der Waals surface area (Å²) >= 11 is 0.886. The Morgan fingerprint density at radius 3 is 2.43 bits per heavy atom. The zero-order chi connectivity index (χ0) is 21.5. The smallest absolute Gasteiger partial charge is 0.273 e. The monoisotopic (exact) mass is 426 g/mol. The van der Waals surface area contributed by atoms with Crippen LogP contribution in [0.5, 0.6) is 11.5 Å². The van der Waals surface area contributed by atoms with Crippen molar-refractivity contribution < 1.29 is 19.1 Å². The summed E-state index contributed by atoms with van der Waals surface area (Å²) in [5.74, 6) is 0.404. The van der Waals surface area contributed by atoms with Crippen LogP contribution in [0.2, 0.25) is 0 Å². The Hall–Kier alpha value is -3.59. The zero-order valence-corrected chi connectivity index (χ0v) is 17.4. The first-order valence-electron chi connectivity index (χ1n) is 9.09. The van der Waals surface area contributed by atoms with E-state index < -0.39 is 11.8 Å². The van der Waals surface area contributed by atoms with Crippen LogP contribution in [-0.4, -0.2) is 30.4 Å². The molecule has 1 aromatic heterocycles. The highest BCUT2D eigenvalue weighted by Gasteiger charge is 2.22. The van der Waals surface area contributed by atoms with Crippen LogP contribution >= 0.6 is 11.5 Å². The fourth-order valence-electron chi connectivity index (χ4n) is 2.74. The number of nitrogen functional groups attached to an aromatic ring is 1. The maximum Gasteiger partial charge on any atom is 0.273 e. The fourth-order valence-corrected chi connectivity index (χ4v) is 3.45. The van der Waals surface area contributed by atoms with Crippen molar-refractivity contribution >= 4 is 29.0 Å². The molecule has 0 saturated heterocycles. The van der Waals surface area contributed by atoms with Crippen LogP contribution < -0.4 is 25.8 Å². The molecule has 3 aromatic rings. The van der Waals surface area contributed by atoms with Gasteiger partial charge in [0.25, 0.3) is 11.8 Å². The van der Waals surface area contributed by atoms with Crippen molar-refractivity contribution in [2.75, 3.05) is 20.0 Å². The van der Waals surface area contributed by atoms with Crippen molar-refractivity contribution in [1.82, 2.24) is 15.0 Å². The number of ether oxygens (including phenoxy) is 2. The quantitative estimate of drug-likeness (QED) is 0.510. The number of rotatable bonds is 8. The molecule has 156 valence electrons. The number of nitrogens with zero attached hydrogens (tertiary/aromatic N) is 1. The minimum Gasteiger partial charge on any atom is -0.497 e. The van der Waals surface area contributed by atoms with Crippen molar-refractivity contribution in [2.45, 2.75) is 13.1 Å². The first-order valence-corrected chi connectivity index (χ1v) is 9.87. The van der Waals surface area contributed by atoms with E-state index in [9.17, 15) is 9.59 Å². The Labute approximate surface area is 178 Å². The van der Waals surface area contributed by atoms with E-state index in [1.807, 2.05) is 30.3 Å². The topological polar surface area (TPSA) is 116 Å². The molecule has 0 spiro atoms. The molecule has 8 nitrogen and oxygen atoms in total. The van der Waals surface area contributed by atoms with Gasteiger partial charge in [-0.3, -0.25) is 9.59 Å². The maximum absolute atomic E-state index is 12.6. The summed E-state index contributed by atoms with van der Waals surface area (Å²) in [6.45, 7) is 0.564. The van der Waals surface area contributed by atoms with Gasteiger partial charge in [-0.1, -0.05) is 30.3 Å². The Morgan fingerprint density at radius 2 is 1.73 bits per heavy atom. The fraction of sp³-hybridized carbons (Fsp3) is 0.190. The van der Waals surface area contributed by atoms with Crippen LogP contribution in [0, 0.1) is 0 Å². The number of carbonyl (C=O) groups is 2. The normalized spacial score (nSPS) is 10.3. The lowest BCUT2D eigenvalue weighted by molar-refractivity contribution is 0.0946. The molecule has 4 N–H and O–H groups in total. The second-order valence-electron chi connectivity index (χ2n) is 6.30. The molecule has 0 saturated carbocycles. The highest BCUT2D eigenvalue weighted by atomic mass is 32.1. The van der Waals surface area contributed by atoms with Gasteiger partial charge in [0.05, 0.1) is 19.9 Å². The van der Waals surface area contributed by atoms with E-state index in [0.717, 1.165) is 22.7 Å². The SMILES string of the molecule is COc1ccc(CNC(=O)c2snc(C(=O)NCc3ccccc3)c2N)c(OC)c1. The van der Waals surface area contributed by atoms with E-state index >= 15 is 0 Å². The molecule has 0 aliphatic heterocycles. The Bertz CT molecular complexity index is 1040. The van der Waals surface area contributed by atoms with Crippen LogP contribution in [0.1, 0.15) is 31.3 Å². The molecule has 0 aliphatic rings. The third-order valence-corrected chi connectivity index (χ3v) is 5.24. The summed E-state index contributed by atoms with van der Waals surface area (Å²) < 4.78 is 14.6. The summed E-state index contributed by atoms with van der Waals surface area (Å²) in [5.41, 5.74) is 7.85. The summed E-state index contributed by atoms with van der Waals surface area (Å²) in [6.07, 6.45) is 0. The average molecular weight is 426 g/mol. The summed E-state index contributed by atoms with van der Waals surface area (Å²) in [5, 5.41) is 5.53. The van der Waals surface area contributed by atoms with Crippen LogP contribution in [0.4, 0.5) is 5.69 Å². The van der Waals surface area contributed by atoms with Crippen LogP contribution in [0.25, 0.3) is 0 Å². The number of carbonyl (C=O) groups excluding carboxylic acids is 2. The van der Waals surface area contributed by atoms with E-state index in [1.165, 1.54) is 0 Å². The molecule has 0 atom stereocenters. The van der Waals surface area contributed by atoms with E-state index in [0.29, 0.717) is 18.0 Å². The largest absolute Gasteiger partial charge is 0.497 e. The predicted octanol–water partition coefficient (Wildman–Crippen LogP) is 2.60. The van der Waals surface area contributed by atoms with Gasteiger partial charge in [0, 0.05) is 24.7 Å². The maximum atomic E-state index is 12.6. The highest BCUT2D eigenvalue weighted by molar-refractivity contribution is 7.09. The lowest BCUT2D eigenvalue weighted by Gasteiger charge is -2.11. The van der Waals surface area contributed by atoms with Gasteiger partial charge in [0.1, 0.15) is 16.4 Å². The number of anilines is 1. The number of nitrogens with one attached hydrogen (secondary N) is 2. The number of amides is 2. The van der Waals surface area contributed by atoms with Crippen molar-refractivity contribution in [3.63, 3.8) is 0 Å². The lowest BCUT2D eigenvalue weighted by atomic mass is 10.2. The molecular formula is C21H22N4O4S. The second kappa shape index (κ2) is 9.75. The van der Waals surface area contributed by atoms with Gasteiger partial charge < -0.3 is 25.8 Å². The number of benzene rings is 2. The molecule has 2 amide bonds. The zero-order valence-electron chi connectivity index (χ0n) is 16.6. The lowest BCUT2D eigenvalue weighted by Crippen LogP contribution is -2.25. The van der Waals surface area contributed by atoms with Gasteiger partial charge >= 0.3 is 0 Å². The third-order valence-electron chi connectivity index (χ3n) is 4.38. The standard InChI is InChI=1S/C21H22N4O4S/c1-28-15-9-8-14(16(10-15)29-2)12-24-21(27)19-17(22)18(25-30-19)20(26)23-11-13-6-4-3-5-7-13/h3-10H,11-12,22H2,1-2H3,(H,23,26)(H,24,27). The summed E-state index contributed by atoms with van der Waals surface area (Å²) in [7, 11) is 3.11. The minimum atomic E-state index is -0.427. The van der Waals surface area contributed by atoms with Gasteiger partial charge in [-0.05, 0) is 29.2 Å². The van der Waals surface area contributed by atoms with Crippen molar-refractivity contribution in [1.29, 1.82) is 0 Å². The molecule has 0 unspecified atom stereocenters. The number of hydrogen-bond donors (Lipinski definition) is 3. The van der Waals surface area contributed by atoms with E-state index in [4.69, 9.17) is 15.2 Å². The predicted molar refractivity (Wildman–Crippen MR) is 115 cm³/mol. The summed E-state index contributed by atoms with van der Waals surface area (Å²) in [4.78, 5) is 25.1. The van der Waals surface area contributed by atoms with Gasteiger partial charge in [-0.25, -0.2) is 0 Å². The first kappa shape index (κ1) is 21.1. The number of methoxy groups -OCH3 is 2. The van der Waals surface area contributed by atoms with E-state index in [2.05, 4.69) is 15.0 Å². The molecule has 0 fully saturated rings. The molecule has 0 aliphatic carbocycles. The molecule has 0 radical (unpaired) electrons. The number of nitrogens with two attached hydrogens (primary N) is 1. The molecule has 0 bridgehead atoms. The van der Waals surface area contributed by atoms with E-state index in [1.54, 1.807) is 32.4 Å². The van der Waals surface area contributed by atoms with Gasteiger partial charge in [0.15, 0.2) is 5.69 Å². The van der Waals surface area contributed by atoms with Crippen molar-refractivity contribution in [3.05, 3.63) is 70.2 Å². The van der Waals surface area contributed by atoms with Gasteiger partial charge in [0.2, 0.25) is 0 Å². The highest BCUT2D eigenvalue weighted by Crippen LogP contribution is 2.25. The molecule has 30 heavy (non-hydrogen) atoms. The molecule has 2 aromatic carbocycles. The minimum absolute atomic E-state index is 0.0445. The number of aromatic nitrogens is 1. The van der Waals surface area contributed by atoms with Crippen molar-refractivity contribution in [2.24, 2.45) is 0 Å². The molecule has 9 heteroatoms. The third kappa shape index (κ3) is 4.87. The van der Waals surface area contributed by atoms with Crippen molar-refractivity contribution in [3.8, 4) is 11.5 Å². The first-order chi connectivity index (χ1) is 14.5. The van der Waals surface area contributed by atoms with E-state index in [-0.39, 0.29) is 22.8 Å². The second-order valence-corrected chi connectivity index (χ2v) is 7.08. The molecular weight excluding hydrogens is 404 g/mol. The van der Waals surface area contributed by atoms with Crippen LogP contribution in [-0.2, 0) is 13.1 Å². The number of hydrogen-bond acceptors (Lipinski definition) is 7. The Kier molecular flexibility index (Phi) is 6.87.